The lowest BCUT2D eigenvalue weighted by molar-refractivity contribution is 0.495. The van der Waals surface area contributed by atoms with Crippen molar-refractivity contribution < 1.29 is 9.11 Å². The minimum Gasteiger partial charge on any atom is -0.399 e. The van der Waals surface area contributed by atoms with Crippen molar-refractivity contribution in [2.45, 2.75) is 4.90 Å². The molecule has 0 fully saturated rings. The molecule has 1 rings (SSSR count). The van der Waals surface area contributed by atoms with Crippen LogP contribution in [0.3, 0.4) is 0 Å². The van der Waals surface area contributed by atoms with Crippen LogP contribution in [0.2, 0.25) is 0 Å². The van der Waals surface area contributed by atoms with E-state index in [1.807, 2.05) is 0 Å². The highest BCUT2D eigenvalue weighted by molar-refractivity contribution is 8.23. The van der Waals surface area contributed by atoms with Gasteiger partial charge in [0.25, 0.3) is 0 Å². The molecule has 1 aromatic rings. The normalized spacial score (nSPS) is 13.0. The molecule has 0 aliphatic heterocycles. The van der Waals surface area contributed by atoms with Crippen molar-refractivity contribution >= 4 is 16.3 Å². The molecule has 0 aliphatic rings. The highest BCUT2D eigenvalue weighted by Gasteiger charge is 2.06. The van der Waals surface area contributed by atoms with Gasteiger partial charge in [-0.3, -0.25) is 9.11 Å². The Labute approximate surface area is 67.2 Å². The second-order valence-corrected chi connectivity index (χ2v) is 4.54. The highest BCUT2D eigenvalue weighted by Crippen LogP contribution is 2.43. The molecule has 0 heterocycles. The molecule has 0 unspecified atom stereocenters. The van der Waals surface area contributed by atoms with Crippen LogP contribution in [0.4, 0.5) is 5.69 Å². The summed E-state index contributed by atoms with van der Waals surface area (Å²) >= 11 is 0. The van der Waals surface area contributed by atoms with Crippen LogP contribution in [0.25, 0.3) is 0 Å². The Hall–Kier alpha value is -0.710. The van der Waals surface area contributed by atoms with Crippen molar-refractivity contribution in [2.24, 2.45) is 0 Å². The molecule has 3 nitrogen and oxygen atoms in total. The lowest BCUT2D eigenvalue weighted by Gasteiger charge is -2.26. The number of hydrogen-bond acceptors (Lipinski definition) is 3. The molecule has 0 saturated carbocycles. The second-order valence-electron chi connectivity index (χ2n) is 2.40. The zero-order valence-electron chi connectivity index (χ0n) is 6.19. The molecule has 0 amide bonds. The third-order valence-electron chi connectivity index (χ3n) is 1.33. The zero-order valence-corrected chi connectivity index (χ0v) is 7.01. The van der Waals surface area contributed by atoms with Crippen LogP contribution in [0.5, 0.6) is 0 Å². The molecule has 1 aromatic carbocycles. The summed E-state index contributed by atoms with van der Waals surface area (Å²) in [6.07, 6.45) is 1.39. The number of nitrogen functional groups attached to an aromatic ring is 1. The Kier molecular flexibility index (Phi) is 2.08. The van der Waals surface area contributed by atoms with Crippen molar-refractivity contribution in [1.29, 1.82) is 0 Å². The summed E-state index contributed by atoms with van der Waals surface area (Å²) in [6, 6.07) is 6.52. The minimum atomic E-state index is -2.58. The van der Waals surface area contributed by atoms with E-state index in [0.717, 1.165) is 0 Å². The van der Waals surface area contributed by atoms with Gasteiger partial charge in [0.2, 0.25) is 0 Å². The molecule has 0 spiro atoms. The molecule has 0 aliphatic carbocycles. The fourth-order valence-electron chi connectivity index (χ4n) is 0.726. The molecule has 0 bridgehead atoms. The van der Waals surface area contributed by atoms with Crippen molar-refractivity contribution in [3.05, 3.63) is 24.3 Å². The van der Waals surface area contributed by atoms with Crippen molar-refractivity contribution in [1.82, 2.24) is 0 Å². The first kappa shape index (κ1) is 8.39. The summed E-state index contributed by atoms with van der Waals surface area (Å²) in [5.41, 5.74) is 6.04. The summed E-state index contributed by atoms with van der Waals surface area (Å²) in [6.45, 7) is 0. The first-order chi connectivity index (χ1) is 5.00. The van der Waals surface area contributed by atoms with Crippen LogP contribution >= 0.6 is 10.6 Å². The Bertz CT molecular complexity index is 240. The Morgan fingerprint density at radius 3 is 2.00 bits per heavy atom. The van der Waals surface area contributed by atoms with E-state index in [4.69, 9.17) is 5.73 Å². The van der Waals surface area contributed by atoms with E-state index in [1.165, 1.54) is 6.26 Å². The number of anilines is 1. The summed E-state index contributed by atoms with van der Waals surface area (Å²) in [4.78, 5) is 0.520. The van der Waals surface area contributed by atoms with Gasteiger partial charge >= 0.3 is 0 Å². The van der Waals surface area contributed by atoms with Gasteiger partial charge in [-0.05, 0) is 24.3 Å². The summed E-state index contributed by atoms with van der Waals surface area (Å²) < 4.78 is 18.4. The lowest BCUT2D eigenvalue weighted by Crippen LogP contribution is -1.94. The molecule has 4 heteroatoms. The molecule has 0 radical (unpaired) electrons. The highest BCUT2D eigenvalue weighted by atomic mass is 32.3. The number of benzene rings is 1. The quantitative estimate of drug-likeness (QED) is 0.569. The first-order valence-electron chi connectivity index (χ1n) is 3.09. The van der Waals surface area contributed by atoms with Crippen LogP contribution in [0.15, 0.2) is 29.2 Å². The second kappa shape index (κ2) is 2.73. The van der Waals surface area contributed by atoms with E-state index in [1.54, 1.807) is 24.3 Å². The lowest BCUT2D eigenvalue weighted by atomic mass is 10.3. The Morgan fingerprint density at radius 1 is 1.18 bits per heavy atom. The molecule has 0 saturated heterocycles. The van der Waals surface area contributed by atoms with Crippen LogP contribution in [-0.2, 0) is 0 Å². The van der Waals surface area contributed by atoms with Crippen molar-refractivity contribution in [3.8, 4) is 0 Å². The molecule has 0 aromatic heterocycles. The molecular formula is C7H11NO2S. The van der Waals surface area contributed by atoms with Crippen LogP contribution < -0.4 is 5.73 Å². The number of rotatable bonds is 1. The van der Waals surface area contributed by atoms with Gasteiger partial charge in [-0.15, -0.1) is 0 Å². The van der Waals surface area contributed by atoms with Gasteiger partial charge < -0.3 is 5.73 Å². The van der Waals surface area contributed by atoms with Gasteiger partial charge in [0, 0.05) is 11.9 Å². The predicted octanol–water partition coefficient (Wildman–Crippen LogP) is 2.01. The minimum absolute atomic E-state index is 0.520. The first-order valence-corrected chi connectivity index (χ1v) is 5.04. The largest absolute Gasteiger partial charge is 0.399 e. The maximum atomic E-state index is 9.18. The summed E-state index contributed by atoms with van der Waals surface area (Å²) in [5.74, 6) is 0. The Balaban J connectivity index is 2.99. The van der Waals surface area contributed by atoms with E-state index >= 15 is 0 Å². The third kappa shape index (κ3) is 2.11. The van der Waals surface area contributed by atoms with Gasteiger partial charge in [0.05, 0.1) is 4.90 Å². The maximum absolute atomic E-state index is 9.18. The smallest absolute Gasteiger partial charge is 0.0582 e. The maximum Gasteiger partial charge on any atom is 0.0582 e. The number of nitrogens with two attached hydrogens (primary N) is 1. The van der Waals surface area contributed by atoms with Crippen LogP contribution in [0, 0.1) is 0 Å². The van der Waals surface area contributed by atoms with Gasteiger partial charge in [0.15, 0.2) is 0 Å². The van der Waals surface area contributed by atoms with E-state index in [2.05, 4.69) is 0 Å². The average molecular weight is 173 g/mol. The average Bonchev–Trinajstić information content (AvgIpc) is 1.86. The van der Waals surface area contributed by atoms with E-state index in [9.17, 15) is 9.11 Å². The summed E-state index contributed by atoms with van der Waals surface area (Å²) in [7, 11) is -2.58. The van der Waals surface area contributed by atoms with Gasteiger partial charge in [-0.25, -0.2) is 0 Å². The van der Waals surface area contributed by atoms with Gasteiger partial charge in [-0.1, -0.05) is 0 Å². The fourth-order valence-corrected chi connectivity index (χ4v) is 1.38. The van der Waals surface area contributed by atoms with Gasteiger partial charge in [-0.2, -0.15) is 10.6 Å². The number of hydrogen-bond donors (Lipinski definition) is 3. The standard InChI is InChI=1S/C7H11NO2S/c1-11(9,10)7-4-2-6(8)3-5-7/h2-5,9-10H,8H2,1H3. The van der Waals surface area contributed by atoms with Gasteiger partial charge in [0.1, 0.15) is 0 Å². The predicted molar refractivity (Wildman–Crippen MR) is 47.9 cm³/mol. The van der Waals surface area contributed by atoms with E-state index in [0.29, 0.717) is 10.6 Å². The fraction of sp³-hybridized carbons (Fsp3) is 0.143. The molecule has 0 atom stereocenters. The zero-order chi connectivity index (χ0) is 8.48. The molecular weight excluding hydrogens is 162 g/mol. The van der Waals surface area contributed by atoms with Crippen molar-refractivity contribution in [3.63, 3.8) is 0 Å². The van der Waals surface area contributed by atoms with E-state index < -0.39 is 10.6 Å². The third-order valence-corrected chi connectivity index (χ3v) is 2.49. The van der Waals surface area contributed by atoms with Crippen LogP contribution in [-0.4, -0.2) is 15.4 Å². The molecule has 11 heavy (non-hydrogen) atoms. The molecule has 62 valence electrons. The molecule has 4 N–H and O–H groups in total. The Morgan fingerprint density at radius 2 is 1.64 bits per heavy atom. The van der Waals surface area contributed by atoms with E-state index in [-0.39, 0.29) is 0 Å². The SMILES string of the molecule is CS(O)(O)c1ccc(N)cc1. The van der Waals surface area contributed by atoms with Crippen LogP contribution in [0.1, 0.15) is 0 Å². The summed E-state index contributed by atoms with van der Waals surface area (Å²) in [5, 5.41) is 0. The topological polar surface area (TPSA) is 66.5 Å². The van der Waals surface area contributed by atoms with Crippen molar-refractivity contribution in [2.75, 3.05) is 12.0 Å². The monoisotopic (exact) mass is 173 g/mol.